The Labute approximate surface area is 390 Å². The van der Waals surface area contributed by atoms with Crippen molar-refractivity contribution in [3.8, 4) is 77.5 Å². The lowest BCUT2D eigenvalue weighted by Gasteiger charge is -2.13. The van der Waals surface area contributed by atoms with Gasteiger partial charge in [0.05, 0.1) is 33.5 Å². The van der Waals surface area contributed by atoms with Crippen LogP contribution in [0.4, 0.5) is 0 Å². The predicted octanol–water partition coefficient (Wildman–Crippen LogP) is 15.5. The summed E-state index contributed by atoms with van der Waals surface area (Å²) < 4.78 is 4.59. The molecule has 0 N–H and O–H groups in total. The lowest BCUT2D eigenvalue weighted by Crippen LogP contribution is -2.00. The lowest BCUT2D eigenvalue weighted by atomic mass is 10.0. The van der Waals surface area contributed by atoms with Gasteiger partial charge in [-0.05, 0) is 70.8 Å². The molecule has 0 amide bonds. The largest absolute Gasteiger partial charge is 0.294 e. The Hall–Kier alpha value is -8.78. The highest BCUT2D eigenvalue weighted by Gasteiger charge is 2.20. The van der Waals surface area contributed by atoms with Crippen LogP contribution in [0.2, 0.25) is 0 Å². The van der Waals surface area contributed by atoms with E-state index in [0.717, 1.165) is 110 Å². The maximum atomic E-state index is 5.36. The van der Waals surface area contributed by atoms with Gasteiger partial charge in [0.15, 0.2) is 0 Å². The molecule has 6 nitrogen and oxygen atoms in total. The van der Waals surface area contributed by atoms with Crippen LogP contribution in [-0.4, -0.2) is 29.3 Å². The molecule has 13 rings (SSSR count). The molecule has 0 aliphatic heterocycles. The molecule has 314 valence electrons. The summed E-state index contributed by atoms with van der Waals surface area (Å²) in [5, 5.41) is 16.0. The Bertz CT molecular complexity index is 3590. The average Bonchev–Trinajstić information content (AvgIpc) is 4.12. The zero-order valence-electron chi connectivity index (χ0n) is 36.0. The summed E-state index contributed by atoms with van der Waals surface area (Å²) in [6.45, 7) is 0. The van der Waals surface area contributed by atoms with Crippen molar-refractivity contribution < 1.29 is 0 Å². The summed E-state index contributed by atoms with van der Waals surface area (Å²) in [4.78, 5) is 10.7. The van der Waals surface area contributed by atoms with Gasteiger partial charge in [-0.25, -0.2) is 9.97 Å². The van der Waals surface area contributed by atoms with E-state index >= 15 is 0 Å². The van der Waals surface area contributed by atoms with Gasteiger partial charge < -0.3 is 0 Å². The van der Waals surface area contributed by atoms with Crippen molar-refractivity contribution in [1.82, 2.24) is 29.3 Å². The number of para-hydroxylation sites is 2. The van der Waals surface area contributed by atoms with Gasteiger partial charge in [0.1, 0.15) is 21.7 Å². The monoisotopic (exact) mass is 874 g/mol. The summed E-state index contributed by atoms with van der Waals surface area (Å²) >= 11 is 1.60. The summed E-state index contributed by atoms with van der Waals surface area (Å²) in [6.07, 6.45) is 0. The van der Waals surface area contributed by atoms with Crippen molar-refractivity contribution in [3.63, 3.8) is 0 Å². The molecule has 0 radical (unpaired) electrons. The van der Waals surface area contributed by atoms with Crippen LogP contribution in [0.5, 0.6) is 0 Å². The molecule has 67 heavy (non-hydrogen) atoms. The molecule has 0 atom stereocenters. The number of rotatable bonds is 8. The first-order valence-corrected chi connectivity index (χ1v) is 23.2. The van der Waals surface area contributed by atoms with Crippen molar-refractivity contribution in [2.45, 2.75) is 0 Å². The van der Waals surface area contributed by atoms with Gasteiger partial charge in [-0.15, -0.1) is 10.2 Å². The summed E-state index contributed by atoms with van der Waals surface area (Å²) in [5.74, 6) is 1.70. The molecule has 0 spiro atoms. The number of aromatic nitrogens is 6. The predicted molar refractivity (Wildman–Crippen MR) is 277 cm³/mol. The van der Waals surface area contributed by atoms with Crippen LogP contribution in [0.25, 0.3) is 121 Å². The third-order valence-corrected chi connectivity index (χ3v) is 13.7. The van der Waals surface area contributed by atoms with Gasteiger partial charge in [0.2, 0.25) is 0 Å². The van der Waals surface area contributed by atoms with Crippen LogP contribution < -0.4 is 0 Å². The van der Waals surface area contributed by atoms with Crippen molar-refractivity contribution in [3.05, 3.63) is 231 Å². The van der Waals surface area contributed by atoms with Gasteiger partial charge in [-0.1, -0.05) is 193 Å². The van der Waals surface area contributed by atoms with Crippen LogP contribution in [0.1, 0.15) is 0 Å². The molecule has 0 bridgehead atoms. The minimum atomic E-state index is 0.843. The van der Waals surface area contributed by atoms with Crippen molar-refractivity contribution in [2.75, 3.05) is 0 Å². The Balaban J connectivity index is 0.946. The third-order valence-electron chi connectivity index (χ3n) is 12.7. The van der Waals surface area contributed by atoms with Crippen molar-refractivity contribution >= 4 is 54.9 Å². The molecule has 0 aliphatic rings. The fraction of sp³-hybridized carbons (Fsp3) is 0. The maximum absolute atomic E-state index is 5.36. The SMILES string of the molecule is c1ccc(-c2cc(-c3ccccc3)nc(-n3c4ccccc4c4ccc(-c5nnc(-c6ccc7c8ccccc8n(-c8cc(-c9ccccc9)cc(-c9ccccc9)n8)c7c6)s5)cc43)c2)cc1. The first-order valence-electron chi connectivity index (χ1n) is 22.4. The van der Waals surface area contributed by atoms with Gasteiger partial charge in [-0.3, -0.25) is 9.13 Å². The molecular formula is C60H38N6S. The number of pyridine rings is 2. The molecular weight excluding hydrogens is 837 g/mol. The van der Waals surface area contributed by atoms with E-state index in [1.165, 1.54) is 10.8 Å². The molecule has 0 saturated heterocycles. The topological polar surface area (TPSA) is 61.4 Å². The summed E-state index contributed by atoms with van der Waals surface area (Å²) in [7, 11) is 0. The van der Waals surface area contributed by atoms with Crippen LogP contribution in [0, 0.1) is 0 Å². The molecule has 7 heteroatoms. The molecule has 0 aliphatic carbocycles. The highest BCUT2D eigenvalue weighted by molar-refractivity contribution is 7.17. The quantitative estimate of drug-likeness (QED) is 0.153. The van der Waals surface area contributed by atoms with Crippen molar-refractivity contribution in [2.24, 2.45) is 0 Å². The normalized spacial score (nSPS) is 11.6. The standard InChI is InChI=1S/C60H38N6S/c1-5-17-39(18-6-1)45-33-51(41-21-9-3-10-22-41)61-57(37-45)65-53-27-15-13-25-47(53)49-31-29-43(35-55(49)65)59-63-64-60(67-59)44-30-32-50-48-26-14-16-28-54(48)66(56(50)36-44)58-38-46(40-19-7-2-8-20-40)34-52(62-58)42-23-11-4-12-24-42/h1-38H. The smallest absolute Gasteiger partial charge is 0.148 e. The van der Waals surface area contributed by atoms with Crippen LogP contribution in [0.3, 0.4) is 0 Å². The number of hydrogen-bond acceptors (Lipinski definition) is 5. The van der Waals surface area contributed by atoms with E-state index in [2.05, 4.69) is 228 Å². The molecule has 0 unspecified atom stereocenters. The van der Waals surface area contributed by atoms with E-state index in [1.807, 2.05) is 12.1 Å². The Morgan fingerprint density at radius 2 is 0.627 bits per heavy atom. The Morgan fingerprint density at radius 3 is 1.04 bits per heavy atom. The van der Waals surface area contributed by atoms with E-state index in [1.54, 1.807) is 11.3 Å². The molecule has 8 aromatic carbocycles. The van der Waals surface area contributed by atoms with Crippen LogP contribution in [-0.2, 0) is 0 Å². The zero-order valence-corrected chi connectivity index (χ0v) is 36.8. The number of benzene rings is 8. The van der Waals surface area contributed by atoms with Gasteiger partial charge in [0, 0.05) is 43.8 Å². The second-order valence-corrected chi connectivity index (χ2v) is 17.7. The number of fused-ring (bicyclic) bond motifs is 6. The third kappa shape index (κ3) is 6.80. The highest BCUT2D eigenvalue weighted by atomic mass is 32.1. The first kappa shape index (κ1) is 38.7. The highest BCUT2D eigenvalue weighted by Crippen LogP contribution is 2.40. The molecule has 5 heterocycles. The fourth-order valence-electron chi connectivity index (χ4n) is 9.53. The summed E-state index contributed by atoms with van der Waals surface area (Å²) in [5.41, 5.74) is 14.7. The fourth-order valence-corrected chi connectivity index (χ4v) is 10.4. The van der Waals surface area contributed by atoms with Crippen LogP contribution >= 0.6 is 11.3 Å². The van der Waals surface area contributed by atoms with E-state index in [4.69, 9.17) is 20.2 Å². The second kappa shape index (κ2) is 16.0. The first-order chi connectivity index (χ1) is 33.2. The van der Waals surface area contributed by atoms with Gasteiger partial charge >= 0.3 is 0 Å². The van der Waals surface area contributed by atoms with E-state index in [0.29, 0.717) is 0 Å². The van der Waals surface area contributed by atoms with Crippen LogP contribution in [0.15, 0.2) is 231 Å². The lowest BCUT2D eigenvalue weighted by molar-refractivity contribution is 1.08. The molecule has 0 saturated carbocycles. The van der Waals surface area contributed by atoms with E-state index in [9.17, 15) is 0 Å². The Morgan fingerprint density at radius 1 is 0.269 bits per heavy atom. The van der Waals surface area contributed by atoms with Gasteiger partial charge in [-0.2, -0.15) is 0 Å². The minimum Gasteiger partial charge on any atom is -0.294 e. The van der Waals surface area contributed by atoms with E-state index in [-0.39, 0.29) is 0 Å². The Kier molecular flexibility index (Phi) is 9.25. The number of nitrogens with zero attached hydrogens (tertiary/aromatic N) is 6. The van der Waals surface area contributed by atoms with Gasteiger partial charge in [0.25, 0.3) is 0 Å². The molecule has 13 aromatic rings. The van der Waals surface area contributed by atoms with Crippen molar-refractivity contribution in [1.29, 1.82) is 0 Å². The minimum absolute atomic E-state index is 0.843. The zero-order chi connectivity index (χ0) is 44.3. The summed E-state index contributed by atoms with van der Waals surface area (Å²) in [6, 6.07) is 81.1. The molecule has 0 fully saturated rings. The maximum Gasteiger partial charge on any atom is 0.148 e. The number of hydrogen-bond donors (Lipinski definition) is 0. The second-order valence-electron chi connectivity index (χ2n) is 16.7. The average molecular weight is 875 g/mol. The molecule has 5 aromatic heterocycles. The van der Waals surface area contributed by atoms with E-state index < -0.39 is 0 Å².